The molecule has 4 atom stereocenters. The molecule has 0 N–H and O–H groups in total. The topological polar surface area (TPSA) is 0 Å². The van der Waals surface area contributed by atoms with Crippen molar-refractivity contribution < 1.29 is 0 Å². The van der Waals surface area contributed by atoms with E-state index in [2.05, 4.69) is 0 Å². The maximum atomic E-state index is 0. The summed E-state index contributed by atoms with van der Waals surface area (Å²) < 4.78 is 0. The molecule has 6 heteroatoms. The summed E-state index contributed by atoms with van der Waals surface area (Å²) in [5.74, 6) is 0. The van der Waals surface area contributed by atoms with Crippen LogP contribution in [0.1, 0.15) is 0 Å². The first kappa shape index (κ1) is 68.0. The summed E-state index contributed by atoms with van der Waals surface area (Å²) in [6.07, 6.45) is 0. The van der Waals surface area contributed by atoms with Gasteiger partial charge >= 0.3 is 71.8 Å². The number of rotatable bonds is 0. The zero-order chi connectivity index (χ0) is 0. The van der Waals surface area contributed by atoms with Gasteiger partial charge in [-0.05, 0) is 0 Å². The van der Waals surface area contributed by atoms with E-state index >= 15 is 0 Å². The van der Waals surface area contributed by atoms with Crippen LogP contribution >= 0.6 is 24.8 Å². The molecule has 0 aromatic rings. The first-order valence-corrected chi connectivity index (χ1v) is 0. The van der Waals surface area contributed by atoms with Crippen molar-refractivity contribution in [2.45, 2.75) is 0 Å². The molecule has 0 bridgehead atoms. The maximum absolute atomic E-state index is 0. The average molecular weight is 385 g/mol. The normalized spacial score (nSPS) is 0. The molecule has 0 aromatic heterocycles. The van der Waals surface area contributed by atoms with Crippen molar-refractivity contribution in [1.29, 1.82) is 0 Å². The second-order valence-electron chi connectivity index (χ2n) is 0. The summed E-state index contributed by atoms with van der Waals surface area (Å²) in [5.41, 5.74) is 0. The van der Waals surface area contributed by atoms with Crippen molar-refractivity contribution in [3.63, 3.8) is 0 Å². The van der Waals surface area contributed by atoms with Gasteiger partial charge < -0.3 is 0 Å². The summed E-state index contributed by atoms with van der Waals surface area (Å²) in [6.45, 7) is 0. The van der Waals surface area contributed by atoms with Gasteiger partial charge in [0.15, 0.2) is 0 Å². The molecule has 0 fully saturated rings. The quantitative estimate of drug-likeness (QED) is 0.375. The summed E-state index contributed by atoms with van der Waals surface area (Å²) in [7, 11) is 0. The molecule has 0 heterocycles. The van der Waals surface area contributed by atoms with E-state index < -0.39 is 0 Å². The van der Waals surface area contributed by atoms with Crippen LogP contribution in [0.25, 0.3) is 0 Å². The standard InChI is InChI=1S/4AsH3.2ClH/h4*1H3;2*1H. The van der Waals surface area contributed by atoms with Gasteiger partial charge in [-0.3, -0.25) is 0 Å². The monoisotopic (exact) mass is 384 g/mol. The van der Waals surface area contributed by atoms with E-state index in [1.165, 1.54) is 0 Å². The Labute approximate surface area is 95.4 Å². The van der Waals surface area contributed by atoms with Crippen LogP contribution < -0.4 is 0 Å². The summed E-state index contributed by atoms with van der Waals surface area (Å²) in [5, 5.41) is 0. The Bertz CT molecular complexity index is 5.51. The minimum atomic E-state index is 0. The van der Waals surface area contributed by atoms with Crippen molar-refractivity contribution in [2.24, 2.45) is 0 Å². The van der Waals surface area contributed by atoms with Crippen LogP contribution in [0, 0.1) is 0 Å². The van der Waals surface area contributed by atoms with Crippen LogP contribution in [0.15, 0.2) is 0 Å². The second-order valence-corrected chi connectivity index (χ2v) is 0. The van der Waals surface area contributed by atoms with Crippen LogP contribution in [0.3, 0.4) is 0 Å². The summed E-state index contributed by atoms with van der Waals surface area (Å²) >= 11 is 0. The third-order valence-electron chi connectivity index (χ3n) is 0. The Morgan fingerprint density at radius 3 is 0.333 bits per heavy atom. The molecule has 0 saturated heterocycles. The Balaban J connectivity index is 0. The average Bonchev–Trinajstić information content (AvgIpc) is 0. The van der Waals surface area contributed by atoms with Gasteiger partial charge in [-0.15, -0.1) is 24.8 Å². The van der Waals surface area contributed by atoms with Gasteiger partial charge in [0, 0.05) is 0 Å². The molecule has 0 aromatic carbocycles. The summed E-state index contributed by atoms with van der Waals surface area (Å²) in [6, 6.07) is 0. The molecular formula is H14As4Cl2. The fraction of sp³-hybridized carbons (Fsp3) is 0. The van der Waals surface area contributed by atoms with Gasteiger partial charge in [0.1, 0.15) is 0 Å². The van der Waals surface area contributed by atoms with Crippen molar-refractivity contribution in [3.05, 3.63) is 0 Å². The molecule has 0 radical (unpaired) electrons. The molecule has 0 nitrogen and oxygen atoms in total. The fourth-order valence-corrected chi connectivity index (χ4v) is 0. The van der Waals surface area contributed by atoms with E-state index in [9.17, 15) is 0 Å². The summed E-state index contributed by atoms with van der Waals surface area (Å²) in [4.78, 5) is 0. The van der Waals surface area contributed by atoms with Crippen molar-refractivity contribution >= 4 is 96.6 Å². The van der Waals surface area contributed by atoms with Crippen LogP contribution in [0.2, 0.25) is 0 Å². The van der Waals surface area contributed by atoms with Gasteiger partial charge in [0.25, 0.3) is 0 Å². The molecule has 0 aliphatic heterocycles. The molecule has 6 heavy (non-hydrogen) atoms. The van der Waals surface area contributed by atoms with Crippen LogP contribution in [0.5, 0.6) is 0 Å². The van der Waals surface area contributed by atoms with E-state index in [-0.39, 0.29) is 96.6 Å². The van der Waals surface area contributed by atoms with E-state index in [4.69, 9.17) is 0 Å². The molecular weight excluding hydrogens is 371 g/mol. The van der Waals surface area contributed by atoms with Crippen molar-refractivity contribution in [2.75, 3.05) is 0 Å². The number of halogens is 2. The van der Waals surface area contributed by atoms with E-state index in [1.54, 1.807) is 0 Å². The van der Waals surface area contributed by atoms with Gasteiger partial charge in [0.2, 0.25) is 0 Å². The molecule has 0 spiro atoms. The van der Waals surface area contributed by atoms with Gasteiger partial charge in [-0.1, -0.05) is 0 Å². The Hall–Kier alpha value is 2.81. The van der Waals surface area contributed by atoms with Crippen LogP contribution in [-0.4, -0.2) is 71.8 Å². The minimum absolute atomic E-state index is 0. The molecule has 0 rings (SSSR count). The second kappa shape index (κ2) is 45.8. The van der Waals surface area contributed by atoms with Gasteiger partial charge in [-0.2, -0.15) is 0 Å². The SMILES string of the molecule is Cl.Cl.[AsH3].[AsH3].[AsH3].[AsH3]. The first-order chi connectivity index (χ1) is 0. The Morgan fingerprint density at radius 1 is 0.333 bits per heavy atom. The Morgan fingerprint density at radius 2 is 0.333 bits per heavy atom. The van der Waals surface area contributed by atoms with E-state index in [0.717, 1.165) is 0 Å². The molecule has 4 unspecified atom stereocenters. The molecule has 0 aliphatic rings. The predicted molar refractivity (Wildman–Crippen MR) is 54.3 cm³/mol. The zero-order valence-electron chi connectivity index (χ0n) is 3.64. The molecule has 0 amide bonds. The van der Waals surface area contributed by atoms with E-state index in [1.807, 2.05) is 0 Å². The van der Waals surface area contributed by atoms with Crippen LogP contribution in [0.4, 0.5) is 0 Å². The van der Waals surface area contributed by atoms with Crippen LogP contribution in [-0.2, 0) is 0 Å². The van der Waals surface area contributed by atoms with Gasteiger partial charge in [-0.25, -0.2) is 0 Å². The number of hydrogen-bond acceptors (Lipinski definition) is 0. The molecule has 0 saturated carbocycles. The van der Waals surface area contributed by atoms with Gasteiger partial charge in [0.05, 0.1) is 0 Å². The third kappa shape index (κ3) is 29.1. The molecule has 48 valence electrons. The first-order valence-electron chi connectivity index (χ1n) is 0. The van der Waals surface area contributed by atoms with Crippen molar-refractivity contribution in [3.8, 4) is 0 Å². The number of hydrogen-bond donors (Lipinski definition) is 0. The van der Waals surface area contributed by atoms with E-state index in [0.29, 0.717) is 0 Å². The van der Waals surface area contributed by atoms with Crippen molar-refractivity contribution in [1.82, 2.24) is 0 Å². The predicted octanol–water partition coefficient (Wildman–Crippen LogP) is -3.89. The zero-order valence-corrected chi connectivity index (χ0v) is 17.1. The Kier molecular flexibility index (Phi) is 519. The molecule has 0 aliphatic carbocycles. The fourth-order valence-electron chi connectivity index (χ4n) is 0. The third-order valence-corrected chi connectivity index (χ3v) is 0.